The van der Waals surface area contributed by atoms with Gasteiger partial charge in [-0.05, 0) is 49.1 Å². The van der Waals surface area contributed by atoms with Crippen molar-refractivity contribution in [2.24, 2.45) is 0 Å². The molecule has 2 heteroatoms. The minimum atomic E-state index is 0.137. The van der Waals surface area contributed by atoms with E-state index in [0.717, 1.165) is 22.6 Å². The fourth-order valence-corrected chi connectivity index (χ4v) is 2.89. The maximum atomic E-state index is 6.48. The van der Waals surface area contributed by atoms with Gasteiger partial charge >= 0.3 is 0 Å². The fraction of sp³-hybridized carbons (Fsp3) is 0.368. The highest BCUT2D eigenvalue weighted by Gasteiger charge is 2.15. The predicted molar refractivity (Wildman–Crippen MR) is 92.1 cm³/mol. The number of aryl methyl sites for hydroxylation is 2. The van der Waals surface area contributed by atoms with Crippen LogP contribution in [0.25, 0.3) is 0 Å². The molecule has 1 nitrogen and oxygen atoms in total. The van der Waals surface area contributed by atoms with Crippen LogP contribution in [0.2, 0.25) is 5.02 Å². The third-order valence-corrected chi connectivity index (χ3v) is 4.47. The van der Waals surface area contributed by atoms with Gasteiger partial charge in [0.05, 0.1) is 6.04 Å². The summed E-state index contributed by atoms with van der Waals surface area (Å²) in [5.41, 5.74) is 4.92. The lowest BCUT2D eigenvalue weighted by Crippen LogP contribution is -2.18. The van der Waals surface area contributed by atoms with E-state index in [0.29, 0.717) is 0 Å². The Labute approximate surface area is 133 Å². The van der Waals surface area contributed by atoms with E-state index >= 15 is 0 Å². The van der Waals surface area contributed by atoms with Crippen LogP contribution in [0.1, 0.15) is 48.1 Å². The first-order valence-electron chi connectivity index (χ1n) is 7.68. The first-order valence-corrected chi connectivity index (χ1v) is 8.06. The summed E-state index contributed by atoms with van der Waals surface area (Å²) in [6.45, 7) is 4.28. The Hall–Kier alpha value is -1.31. The lowest BCUT2D eigenvalue weighted by molar-refractivity contribution is 0.690. The Kier molecular flexibility index (Phi) is 5.84. The van der Waals surface area contributed by atoms with E-state index < -0.39 is 0 Å². The number of benzene rings is 2. The summed E-state index contributed by atoms with van der Waals surface area (Å²) in [7, 11) is 1.98. The zero-order valence-corrected chi connectivity index (χ0v) is 13.9. The van der Waals surface area contributed by atoms with E-state index in [1.54, 1.807) is 0 Å². The van der Waals surface area contributed by atoms with E-state index in [1.165, 1.54) is 24.0 Å². The minimum absolute atomic E-state index is 0.137. The number of nitrogens with one attached hydrogen (secondary N) is 1. The van der Waals surface area contributed by atoms with Gasteiger partial charge in [0.25, 0.3) is 0 Å². The molecule has 0 aromatic heterocycles. The van der Waals surface area contributed by atoms with Crippen molar-refractivity contribution in [3.8, 4) is 0 Å². The lowest BCUT2D eigenvalue weighted by Gasteiger charge is -2.20. The molecule has 0 bridgehead atoms. The summed E-state index contributed by atoms with van der Waals surface area (Å²) >= 11 is 6.48. The number of unbranched alkanes of at least 4 members (excludes halogenated alkanes) is 1. The van der Waals surface area contributed by atoms with Crippen molar-refractivity contribution < 1.29 is 0 Å². The number of rotatable bonds is 6. The SMILES string of the molecule is CCCCc1ccc(C(NC)c2cccc(C)c2Cl)cc1. The fourth-order valence-electron chi connectivity index (χ4n) is 2.65. The highest BCUT2D eigenvalue weighted by molar-refractivity contribution is 6.32. The van der Waals surface area contributed by atoms with E-state index in [4.69, 9.17) is 11.6 Å². The standard InChI is InChI=1S/C19H24ClN/c1-4-5-8-15-10-12-16(13-11-15)19(21-3)17-9-6-7-14(2)18(17)20/h6-7,9-13,19,21H,4-5,8H2,1-3H3. The molecular formula is C19H24ClN. The summed E-state index contributed by atoms with van der Waals surface area (Å²) in [5, 5.41) is 4.23. The average molecular weight is 302 g/mol. The van der Waals surface area contributed by atoms with E-state index in [2.05, 4.69) is 48.6 Å². The molecule has 0 radical (unpaired) electrons. The molecule has 0 amide bonds. The summed E-state index contributed by atoms with van der Waals surface area (Å²) in [5.74, 6) is 0. The maximum Gasteiger partial charge on any atom is 0.0589 e. The van der Waals surface area contributed by atoms with E-state index in [-0.39, 0.29) is 6.04 Å². The van der Waals surface area contributed by atoms with Crippen molar-refractivity contribution >= 4 is 11.6 Å². The topological polar surface area (TPSA) is 12.0 Å². The van der Waals surface area contributed by atoms with Crippen molar-refractivity contribution in [3.05, 3.63) is 69.7 Å². The average Bonchev–Trinajstić information content (AvgIpc) is 2.51. The molecule has 1 N–H and O–H groups in total. The molecule has 21 heavy (non-hydrogen) atoms. The van der Waals surface area contributed by atoms with Crippen LogP contribution in [0.4, 0.5) is 0 Å². The van der Waals surface area contributed by atoms with Gasteiger partial charge in [0.1, 0.15) is 0 Å². The van der Waals surface area contributed by atoms with Gasteiger partial charge in [0, 0.05) is 5.02 Å². The molecule has 0 aliphatic heterocycles. The van der Waals surface area contributed by atoms with Gasteiger partial charge in [0.15, 0.2) is 0 Å². The third-order valence-electron chi connectivity index (χ3n) is 3.95. The molecule has 1 atom stereocenters. The Morgan fingerprint density at radius 3 is 2.43 bits per heavy atom. The third kappa shape index (κ3) is 3.87. The normalized spacial score (nSPS) is 12.4. The Morgan fingerprint density at radius 1 is 1.10 bits per heavy atom. The van der Waals surface area contributed by atoms with Crippen molar-refractivity contribution in [2.45, 2.75) is 39.2 Å². The van der Waals surface area contributed by atoms with Gasteiger partial charge < -0.3 is 5.32 Å². The predicted octanol–water partition coefficient (Wildman–Crippen LogP) is 5.30. The second kappa shape index (κ2) is 7.63. The molecule has 112 valence electrons. The zero-order valence-electron chi connectivity index (χ0n) is 13.1. The molecule has 0 heterocycles. The molecule has 1 unspecified atom stereocenters. The second-order valence-corrected chi connectivity index (χ2v) is 5.92. The van der Waals surface area contributed by atoms with Crippen LogP contribution in [-0.4, -0.2) is 7.05 Å². The van der Waals surface area contributed by atoms with Gasteiger partial charge in [-0.3, -0.25) is 0 Å². The van der Waals surface area contributed by atoms with Gasteiger partial charge in [-0.15, -0.1) is 0 Å². The number of halogens is 1. The Balaban J connectivity index is 2.27. The summed E-state index contributed by atoms with van der Waals surface area (Å²) in [6, 6.07) is 15.2. The van der Waals surface area contributed by atoms with Crippen molar-refractivity contribution in [2.75, 3.05) is 7.05 Å². The van der Waals surface area contributed by atoms with Crippen LogP contribution < -0.4 is 5.32 Å². The van der Waals surface area contributed by atoms with Gasteiger partial charge in [-0.25, -0.2) is 0 Å². The minimum Gasteiger partial charge on any atom is -0.309 e. The van der Waals surface area contributed by atoms with E-state index in [9.17, 15) is 0 Å². The summed E-state index contributed by atoms with van der Waals surface area (Å²) in [4.78, 5) is 0. The van der Waals surface area contributed by atoms with Crippen LogP contribution >= 0.6 is 11.6 Å². The molecule has 0 aliphatic rings. The number of hydrogen-bond acceptors (Lipinski definition) is 1. The monoisotopic (exact) mass is 301 g/mol. The van der Waals surface area contributed by atoms with Crippen LogP contribution in [0, 0.1) is 6.92 Å². The van der Waals surface area contributed by atoms with Crippen molar-refractivity contribution in [1.29, 1.82) is 0 Å². The van der Waals surface area contributed by atoms with E-state index in [1.807, 2.05) is 20.0 Å². The molecule has 2 aromatic carbocycles. The van der Waals surface area contributed by atoms with Gasteiger partial charge in [-0.2, -0.15) is 0 Å². The summed E-state index contributed by atoms with van der Waals surface area (Å²) in [6.07, 6.45) is 3.64. The molecule has 0 saturated carbocycles. The first kappa shape index (κ1) is 16.1. The van der Waals surface area contributed by atoms with Gasteiger partial charge in [0.2, 0.25) is 0 Å². The van der Waals surface area contributed by atoms with Crippen molar-refractivity contribution in [3.63, 3.8) is 0 Å². The largest absolute Gasteiger partial charge is 0.309 e. The van der Waals surface area contributed by atoms with Crippen molar-refractivity contribution in [1.82, 2.24) is 5.32 Å². The smallest absolute Gasteiger partial charge is 0.0589 e. The van der Waals surface area contributed by atoms with Crippen LogP contribution in [0.3, 0.4) is 0 Å². The second-order valence-electron chi connectivity index (χ2n) is 5.54. The molecule has 0 saturated heterocycles. The van der Waals surface area contributed by atoms with Crippen LogP contribution in [-0.2, 0) is 6.42 Å². The van der Waals surface area contributed by atoms with Gasteiger partial charge in [-0.1, -0.05) is 67.4 Å². The quantitative estimate of drug-likeness (QED) is 0.763. The Morgan fingerprint density at radius 2 is 1.81 bits per heavy atom. The lowest BCUT2D eigenvalue weighted by atomic mass is 9.96. The van der Waals surface area contributed by atoms with Crippen LogP contribution in [0.5, 0.6) is 0 Å². The molecule has 0 aliphatic carbocycles. The molecular weight excluding hydrogens is 278 g/mol. The highest BCUT2D eigenvalue weighted by Crippen LogP contribution is 2.30. The molecule has 0 spiro atoms. The Bertz CT molecular complexity index is 575. The molecule has 2 rings (SSSR count). The molecule has 0 fully saturated rings. The highest BCUT2D eigenvalue weighted by atomic mass is 35.5. The van der Waals surface area contributed by atoms with Crippen LogP contribution in [0.15, 0.2) is 42.5 Å². The maximum absolute atomic E-state index is 6.48. The molecule has 2 aromatic rings. The first-order chi connectivity index (χ1) is 10.2. The zero-order chi connectivity index (χ0) is 15.2. The number of hydrogen-bond donors (Lipinski definition) is 1. The summed E-state index contributed by atoms with van der Waals surface area (Å²) < 4.78 is 0.